The number of Topliss-reactive ketones (excluding diaryl/α,β-unsaturated/α-hetero) is 1. The highest BCUT2D eigenvalue weighted by Gasteiger charge is 2.12. The molecule has 1 rings (SSSR count). The SMILES string of the molecule is CCOC(=O)c1ccc(CC(=O)CCl)c(CCl)c1. The molecule has 0 bridgehead atoms. The van der Waals surface area contributed by atoms with Crippen LogP contribution in [0.1, 0.15) is 28.4 Å². The molecule has 0 saturated carbocycles. The molecule has 0 aliphatic heterocycles. The molecule has 0 N–H and O–H groups in total. The number of benzene rings is 1. The zero-order valence-electron chi connectivity index (χ0n) is 10.0. The van der Waals surface area contributed by atoms with Crippen molar-refractivity contribution in [3.63, 3.8) is 0 Å². The Labute approximate surface area is 116 Å². The van der Waals surface area contributed by atoms with Gasteiger partial charge in [0.2, 0.25) is 0 Å². The minimum Gasteiger partial charge on any atom is -0.462 e. The van der Waals surface area contributed by atoms with Gasteiger partial charge in [-0.1, -0.05) is 6.07 Å². The molecule has 18 heavy (non-hydrogen) atoms. The van der Waals surface area contributed by atoms with Crippen molar-refractivity contribution in [3.05, 3.63) is 34.9 Å². The number of ether oxygens (including phenoxy) is 1. The van der Waals surface area contributed by atoms with Crippen molar-refractivity contribution in [1.29, 1.82) is 0 Å². The number of esters is 1. The predicted octanol–water partition coefficient (Wildman–Crippen LogP) is 2.95. The summed E-state index contributed by atoms with van der Waals surface area (Å²) >= 11 is 11.3. The first kappa shape index (κ1) is 15.0. The highest BCUT2D eigenvalue weighted by atomic mass is 35.5. The van der Waals surface area contributed by atoms with E-state index in [1.165, 1.54) is 0 Å². The molecule has 0 heterocycles. The molecule has 0 atom stereocenters. The van der Waals surface area contributed by atoms with Gasteiger partial charge in [0.15, 0.2) is 5.78 Å². The molecular weight excluding hydrogens is 275 g/mol. The van der Waals surface area contributed by atoms with Gasteiger partial charge >= 0.3 is 5.97 Å². The van der Waals surface area contributed by atoms with Crippen LogP contribution < -0.4 is 0 Å². The van der Waals surface area contributed by atoms with Crippen LogP contribution in [0.3, 0.4) is 0 Å². The molecule has 0 spiro atoms. The summed E-state index contributed by atoms with van der Waals surface area (Å²) < 4.78 is 4.90. The van der Waals surface area contributed by atoms with Gasteiger partial charge in [-0.2, -0.15) is 0 Å². The number of carbonyl (C=O) groups is 2. The molecule has 0 aromatic heterocycles. The first-order valence-electron chi connectivity index (χ1n) is 5.54. The number of alkyl halides is 2. The van der Waals surface area contributed by atoms with Gasteiger partial charge in [-0.25, -0.2) is 4.79 Å². The fourth-order valence-electron chi connectivity index (χ4n) is 1.52. The Bertz CT molecular complexity index is 444. The molecule has 98 valence electrons. The van der Waals surface area contributed by atoms with E-state index < -0.39 is 0 Å². The van der Waals surface area contributed by atoms with Crippen molar-refractivity contribution in [1.82, 2.24) is 0 Å². The fourth-order valence-corrected chi connectivity index (χ4v) is 1.87. The van der Waals surface area contributed by atoms with Crippen LogP contribution in [0, 0.1) is 0 Å². The van der Waals surface area contributed by atoms with E-state index in [0.717, 1.165) is 11.1 Å². The van der Waals surface area contributed by atoms with E-state index in [1.807, 2.05) is 0 Å². The first-order valence-corrected chi connectivity index (χ1v) is 6.61. The normalized spacial score (nSPS) is 10.2. The Morgan fingerprint density at radius 3 is 2.50 bits per heavy atom. The summed E-state index contributed by atoms with van der Waals surface area (Å²) in [6.07, 6.45) is 0.231. The molecule has 0 aliphatic carbocycles. The third kappa shape index (κ3) is 4.00. The van der Waals surface area contributed by atoms with Gasteiger partial charge in [0.05, 0.1) is 18.1 Å². The topological polar surface area (TPSA) is 43.4 Å². The smallest absolute Gasteiger partial charge is 0.338 e. The van der Waals surface area contributed by atoms with Gasteiger partial charge in [0, 0.05) is 12.3 Å². The molecule has 0 saturated heterocycles. The third-order valence-corrected chi connectivity index (χ3v) is 2.98. The van der Waals surface area contributed by atoms with E-state index in [1.54, 1.807) is 25.1 Å². The van der Waals surface area contributed by atoms with Crippen LogP contribution in [-0.2, 0) is 21.8 Å². The van der Waals surface area contributed by atoms with Gasteiger partial charge < -0.3 is 4.74 Å². The quantitative estimate of drug-likeness (QED) is 0.597. The number of halogens is 2. The van der Waals surface area contributed by atoms with Crippen LogP contribution in [-0.4, -0.2) is 24.2 Å². The minimum atomic E-state index is -0.390. The highest BCUT2D eigenvalue weighted by Crippen LogP contribution is 2.16. The molecule has 5 heteroatoms. The van der Waals surface area contributed by atoms with Crippen LogP contribution >= 0.6 is 23.2 Å². The first-order chi connectivity index (χ1) is 8.62. The lowest BCUT2D eigenvalue weighted by Crippen LogP contribution is -2.09. The molecule has 0 amide bonds. The second-order valence-electron chi connectivity index (χ2n) is 3.69. The molecule has 1 aromatic rings. The van der Waals surface area contributed by atoms with Crippen molar-refractivity contribution < 1.29 is 14.3 Å². The van der Waals surface area contributed by atoms with Crippen LogP contribution in [0.25, 0.3) is 0 Å². The average molecular weight is 289 g/mol. The number of rotatable bonds is 6. The van der Waals surface area contributed by atoms with Crippen molar-refractivity contribution >= 4 is 35.0 Å². The largest absolute Gasteiger partial charge is 0.462 e. The maximum atomic E-state index is 11.5. The number of hydrogen-bond donors (Lipinski definition) is 0. The number of carbonyl (C=O) groups excluding carboxylic acids is 2. The molecule has 1 aromatic carbocycles. The van der Waals surface area contributed by atoms with Crippen LogP contribution in [0.4, 0.5) is 0 Å². The van der Waals surface area contributed by atoms with E-state index in [4.69, 9.17) is 27.9 Å². The maximum absolute atomic E-state index is 11.5. The summed E-state index contributed by atoms with van der Waals surface area (Å²) in [4.78, 5) is 22.9. The number of ketones is 1. The van der Waals surface area contributed by atoms with Gasteiger partial charge in [-0.15, -0.1) is 23.2 Å². The van der Waals surface area contributed by atoms with Crippen LogP contribution in [0.2, 0.25) is 0 Å². The van der Waals surface area contributed by atoms with E-state index in [-0.39, 0.29) is 29.9 Å². The minimum absolute atomic E-state index is 0.0264. The predicted molar refractivity (Wildman–Crippen MR) is 71.4 cm³/mol. The Morgan fingerprint density at radius 2 is 1.94 bits per heavy atom. The number of hydrogen-bond acceptors (Lipinski definition) is 3. The van der Waals surface area contributed by atoms with Crippen molar-refractivity contribution in [3.8, 4) is 0 Å². The molecule has 0 radical (unpaired) electrons. The van der Waals surface area contributed by atoms with Crippen molar-refractivity contribution in [2.45, 2.75) is 19.2 Å². The second kappa shape index (κ2) is 7.39. The second-order valence-corrected chi connectivity index (χ2v) is 4.22. The summed E-state index contributed by atoms with van der Waals surface area (Å²) in [6.45, 7) is 2.06. The van der Waals surface area contributed by atoms with E-state index in [9.17, 15) is 9.59 Å². The van der Waals surface area contributed by atoms with E-state index >= 15 is 0 Å². The Hall–Kier alpha value is -1.06. The molecule has 0 fully saturated rings. The lowest BCUT2D eigenvalue weighted by atomic mass is 10.0. The molecule has 0 aliphatic rings. The zero-order valence-corrected chi connectivity index (χ0v) is 11.6. The standard InChI is InChI=1S/C13H14Cl2O3/c1-2-18-13(17)10-4-3-9(6-12(16)8-15)11(5-10)7-14/h3-5H,2,6-8H2,1H3. The fraction of sp³-hybridized carbons (Fsp3) is 0.385. The van der Waals surface area contributed by atoms with Crippen molar-refractivity contribution in [2.24, 2.45) is 0 Å². The Kier molecular flexibility index (Phi) is 6.16. The summed E-state index contributed by atoms with van der Waals surface area (Å²) in [6, 6.07) is 5.00. The summed E-state index contributed by atoms with van der Waals surface area (Å²) in [5.41, 5.74) is 1.99. The Balaban J connectivity index is 2.96. The van der Waals surface area contributed by atoms with E-state index in [0.29, 0.717) is 12.2 Å². The lowest BCUT2D eigenvalue weighted by Gasteiger charge is -2.08. The van der Waals surface area contributed by atoms with E-state index in [2.05, 4.69) is 0 Å². The van der Waals surface area contributed by atoms with Crippen LogP contribution in [0.15, 0.2) is 18.2 Å². The zero-order chi connectivity index (χ0) is 13.5. The highest BCUT2D eigenvalue weighted by molar-refractivity contribution is 6.27. The summed E-state index contributed by atoms with van der Waals surface area (Å²) in [5, 5.41) is 0. The third-order valence-electron chi connectivity index (χ3n) is 2.40. The molecule has 3 nitrogen and oxygen atoms in total. The lowest BCUT2D eigenvalue weighted by molar-refractivity contribution is -0.116. The Morgan fingerprint density at radius 1 is 1.22 bits per heavy atom. The molecule has 0 unspecified atom stereocenters. The van der Waals surface area contributed by atoms with Gasteiger partial charge in [-0.05, 0) is 30.2 Å². The molecular formula is C13H14Cl2O3. The summed E-state index contributed by atoms with van der Waals surface area (Å²) in [5.74, 6) is -0.259. The van der Waals surface area contributed by atoms with Crippen molar-refractivity contribution in [2.75, 3.05) is 12.5 Å². The summed E-state index contributed by atoms with van der Waals surface area (Å²) in [7, 11) is 0. The van der Waals surface area contributed by atoms with Crippen LogP contribution in [0.5, 0.6) is 0 Å². The maximum Gasteiger partial charge on any atom is 0.338 e. The van der Waals surface area contributed by atoms with Gasteiger partial charge in [0.1, 0.15) is 0 Å². The monoisotopic (exact) mass is 288 g/mol. The average Bonchev–Trinajstić information content (AvgIpc) is 2.39. The van der Waals surface area contributed by atoms with Gasteiger partial charge in [0.25, 0.3) is 0 Å². The van der Waals surface area contributed by atoms with Gasteiger partial charge in [-0.3, -0.25) is 4.79 Å².